The topological polar surface area (TPSA) is 37.3 Å². The highest BCUT2D eigenvalue weighted by atomic mass is 16.4. The number of hydrogen-bond acceptors (Lipinski definition) is 1. The van der Waals surface area contributed by atoms with Crippen LogP contribution in [-0.2, 0) is 4.79 Å². The van der Waals surface area contributed by atoms with Crippen molar-refractivity contribution >= 4 is 5.97 Å². The van der Waals surface area contributed by atoms with E-state index in [9.17, 15) is 4.79 Å². The lowest BCUT2D eigenvalue weighted by atomic mass is 10.2. The monoisotopic (exact) mass is 126 g/mol. The fourth-order valence-corrected chi connectivity index (χ4v) is 0.851. The molecule has 0 radical (unpaired) electrons. The zero-order chi connectivity index (χ0) is 6.85. The van der Waals surface area contributed by atoms with Gasteiger partial charge in [-0.15, -0.1) is 0 Å². The van der Waals surface area contributed by atoms with E-state index >= 15 is 0 Å². The number of carboxylic acid groups (broad SMARTS) is 1. The maximum Gasteiger partial charge on any atom is 0.328 e. The summed E-state index contributed by atoms with van der Waals surface area (Å²) in [7, 11) is 0. The highest BCUT2D eigenvalue weighted by Gasteiger charge is 2.23. The smallest absolute Gasteiger partial charge is 0.328 e. The van der Waals surface area contributed by atoms with Gasteiger partial charge < -0.3 is 5.11 Å². The minimum atomic E-state index is -0.820. The van der Waals surface area contributed by atoms with E-state index < -0.39 is 5.97 Å². The minimum Gasteiger partial charge on any atom is -0.478 e. The molecule has 0 unspecified atom stereocenters. The van der Waals surface area contributed by atoms with Crippen LogP contribution in [-0.4, -0.2) is 11.1 Å². The number of allylic oxidation sites excluding steroid dienone is 1. The first-order valence-electron chi connectivity index (χ1n) is 3.11. The Balaban J connectivity index is 2.47. The fourth-order valence-electron chi connectivity index (χ4n) is 0.851. The van der Waals surface area contributed by atoms with Gasteiger partial charge in [0.25, 0.3) is 0 Å². The van der Waals surface area contributed by atoms with Crippen LogP contribution in [0.15, 0.2) is 11.6 Å². The Morgan fingerprint density at radius 3 is 2.56 bits per heavy atom. The predicted molar refractivity (Wildman–Crippen MR) is 34.1 cm³/mol. The fraction of sp³-hybridized carbons (Fsp3) is 0.571. The van der Waals surface area contributed by atoms with E-state index in [0.29, 0.717) is 5.92 Å². The second-order valence-electron chi connectivity index (χ2n) is 2.50. The summed E-state index contributed by atoms with van der Waals surface area (Å²) in [5.41, 5.74) is 1.02. The van der Waals surface area contributed by atoms with Crippen LogP contribution in [0, 0.1) is 5.92 Å². The first kappa shape index (κ1) is 6.33. The van der Waals surface area contributed by atoms with E-state index in [1.807, 2.05) is 6.92 Å². The molecule has 0 aliphatic heterocycles. The Hall–Kier alpha value is -0.790. The second kappa shape index (κ2) is 2.21. The van der Waals surface area contributed by atoms with Crippen LogP contribution in [0.3, 0.4) is 0 Å². The molecule has 0 bridgehead atoms. The number of aliphatic carboxylic acids is 1. The summed E-state index contributed by atoms with van der Waals surface area (Å²) in [6, 6.07) is 0. The standard InChI is InChI=1S/C7H10O2/c1-5(4-7(8)9)6-2-3-6/h4,6H,2-3H2,1H3,(H,8,9)/b5-4+. The number of carbonyl (C=O) groups is 1. The molecule has 0 aromatic heterocycles. The Labute approximate surface area is 54.2 Å². The molecule has 50 valence electrons. The highest BCUT2D eigenvalue weighted by Crippen LogP contribution is 2.35. The average Bonchev–Trinajstić information content (AvgIpc) is 2.40. The van der Waals surface area contributed by atoms with Crippen LogP contribution in [0.1, 0.15) is 19.8 Å². The molecular formula is C7H10O2. The molecule has 0 aromatic carbocycles. The lowest BCUT2D eigenvalue weighted by Crippen LogP contribution is -1.90. The summed E-state index contributed by atoms with van der Waals surface area (Å²) in [6.45, 7) is 1.88. The number of hydrogen-bond donors (Lipinski definition) is 1. The van der Waals surface area contributed by atoms with Crippen LogP contribution < -0.4 is 0 Å². The van der Waals surface area contributed by atoms with Crippen LogP contribution >= 0.6 is 0 Å². The Kier molecular flexibility index (Phi) is 1.56. The number of rotatable bonds is 2. The van der Waals surface area contributed by atoms with Crippen molar-refractivity contribution in [2.45, 2.75) is 19.8 Å². The zero-order valence-electron chi connectivity index (χ0n) is 5.42. The third-order valence-electron chi connectivity index (χ3n) is 1.57. The quantitative estimate of drug-likeness (QED) is 0.568. The van der Waals surface area contributed by atoms with Gasteiger partial charge in [0.2, 0.25) is 0 Å². The zero-order valence-corrected chi connectivity index (χ0v) is 5.42. The molecule has 2 heteroatoms. The van der Waals surface area contributed by atoms with E-state index in [-0.39, 0.29) is 0 Å². The molecule has 1 saturated carbocycles. The summed E-state index contributed by atoms with van der Waals surface area (Å²) in [4.78, 5) is 10.1. The van der Waals surface area contributed by atoms with E-state index in [2.05, 4.69) is 0 Å². The van der Waals surface area contributed by atoms with E-state index in [1.54, 1.807) is 0 Å². The van der Waals surface area contributed by atoms with E-state index in [1.165, 1.54) is 18.9 Å². The van der Waals surface area contributed by atoms with Crippen molar-refractivity contribution in [2.24, 2.45) is 5.92 Å². The molecule has 2 nitrogen and oxygen atoms in total. The van der Waals surface area contributed by atoms with Gasteiger partial charge in [0.15, 0.2) is 0 Å². The van der Waals surface area contributed by atoms with Crippen LogP contribution in [0.2, 0.25) is 0 Å². The molecule has 9 heavy (non-hydrogen) atoms. The predicted octanol–water partition coefficient (Wildman–Crippen LogP) is 1.43. The van der Waals surface area contributed by atoms with Crippen molar-refractivity contribution in [3.8, 4) is 0 Å². The molecule has 0 spiro atoms. The molecule has 0 amide bonds. The van der Waals surface area contributed by atoms with Crippen LogP contribution in [0.4, 0.5) is 0 Å². The molecular weight excluding hydrogens is 116 g/mol. The summed E-state index contributed by atoms with van der Waals surface area (Å²) in [6.07, 6.45) is 3.66. The van der Waals surface area contributed by atoms with Crippen molar-refractivity contribution in [1.29, 1.82) is 0 Å². The first-order valence-corrected chi connectivity index (χ1v) is 3.11. The largest absolute Gasteiger partial charge is 0.478 e. The van der Waals surface area contributed by atoms with Crippen LogP contribution in [0.25, 0.3) is 0 Å². The molecule has 1 rings (SSSR count). The SMILES string of the molecule is C/C(=C\C(=O)O)C1CC1. The van der Waals surface area contributed by atoms with Crippen molar-refractivity contribution < 1.29 is 9.90 Å². The Morgan fingerprint density at radius 1 is 1.67 bits per heavy atom. The third kappa shape index (κ3) is 1.88. The molecule has 1 aliphatic carbocycles. The summed E-state index contributed by atoms with van der Waals surface area (Å²) < 4.78 is 0. The molecule has 0 atom stereocenters. The molecule has 1 aliphatic rings. The Bertz CT molecular complexity index is 154. The molecule has 0 aromatic rings. The van der Waals surface area contributed by atoms with E-state index in [4.69, 9.17) is 5.11 Å². The van der Waals surface area contributed by atoms with Crippen molar-refractivity contribution in [3.05, 3.63) is 11.6 Å². The lowest BCUT2D eigenvalue weighted by molar-refractivity contribution is -0.131. The van der Waals surface area contributed by atoms with Gasteiger partial charge in [-0.1, -0.05) is 5.57 Å². The minimum absolute atomic E-state index is 0.584. The van der Waals surface area contributed by atoms with Crippen molar-refractivity contribution in [1.82, 2.24) is 0 Å². The van der Waals surface area contributed by atoms with Crippen molar-refractivity contribution in [2.75, 3.05) is 0 Å². The normalized spacial score (nSPS) is 19.9. The van der Waals surface area contributed by atoms with Crippen LogP contribution in [0.5, 0.6) is 0 Å². The molecule has 1 fully saturated rings. The van der Waals surface area contributed by atoms with Gasteiger partial charge in [-0.05, 0) is 25.7 Å². The summed E-state index contributed by atoms with van der Waals surface area (Å²) in [5, 5.41) is 8.28. The molecule has 0 saturated heterocycles. The highest BCUT2D eigenvalue weighted by molar-refractivity contribution is 5.80. The summed E-state index contributed by atoms with van der Waals surface area (Å²) in [5.74, 6) is -0.236. The molecule has 0 heterocycles. The van der Waals surface area contributed by atoms with Gasteiger partial charge in [0.1, 0.15) is 0 Å². The van der Waals surface area contributed by atoms with E-state index in [0.717, 1.165) is 5.57 Å². The third-order valence-corrected chi connectivity index (χ3v) is 1.57. The van der Waals surface area contributed by atoms with Gasteiger partial charge in [-0.25, -0.2) is 4.79 Å². The summed E-state index contributed by atoms with van der Waals surface area (Å²) >= 11 is 0. The average molecular weight is 126 g/mol. The van der Waals surface area contributed by atoms with Gasteiger partial charge >= 0.3 is 5.97 Å². The van der Waals surface area contributed by atoms with Gasteiger partial charge in [-0.2, -0.15) is 0 Å². The van der Waals surface area contributed by atoms with Gasteiger partial charge in [-0.3, -0.25) is 0 Å². The Morgan fingerprint density at radius 2 is 2.22 bits per heavy atom. The maximum atomic E-state index is 10.1. The lowest BCUT2D eigenvalue weighted by Gasteiger charge is -1.90. The van der Waals surface area contributed by atoms with Gasteiger partial charge in [0.05, 0.1) is 0 Å². The second-order valence-corrected chi connectivity index (χ2v) is 2.50. The van der Waals surface area contributed by atoms with Crippen molar-refractivity contribution in [3.63, 3.8) is 0 Å². The first-order chi connectivity index (χ1) is 4.20. The molecule has 1 N–H and O–H groups in total. The number of carboxylic acids is 1. The maximum absolute atomic E-state index is 10.1. The van der Waals surface area contributed by atoms with Gasteiger partial charge in [0, 0.05) is 6.08 Å².